The Hall–Kier alpha value is -2.90. The zero-order chi connectivity index (χ0) is 20.7. The summed E-state index contributed by atoms with van der Waals surface area (Å²) < 4.78 is 0. The van der Waals surface area contributed by atoms with Crippen molar-refractivity contribution in [1.29, 1.82) is 5.41 Å². The molecule has 5 heteroatoms. The van der Waals surface area contributed by atoms with Gasteiger partial charge >= 0.3 is 0 Å². The normalized spacial score (nSPS) is 11.1. The average molecular weight is 417 g/mol. The molecule has 29 heavy (non-hydrogen) atoms. The SMILES string of the molecule is CN(C)C=NC(=S)C(=C=N)[P](c1ccccc1)(c1ccccc1)c1ccccc1. The minimum absolute atomic E-state index is 0.388. The van der Waals surface area contributed by atoms with Gasteiger partial charge in [-0.15, -0.1) is 0 Å². The Kier molecular flexibility index (Phi) is 6.85. The zero-order valence-electron chi connectivity index (χ0n) is 16.5. The lowest BCUT2D eigenvalue weighted by Crippen LogP contribution is -2.34. The van der Waals surface area contributed by atoms with Crippen LogP contribution >= 0.6 is 19.5 Å². The van der Waals surface area contributed by atoms with E-state index in [2.05, 4.69) is 47.3 Å². The van der Waals surface area contributed by atoms with Crippen molar-refractivity contribution in [3.8, 4) is 0 Å². The molecule has 0 saturated carbocycles. The molecule has 1 N–H and O–H groups in total. The zero-order valence-corrected chi connectivity index (χ0v) is 18.2. The number of hydrogen-bond acceptors (Lipinski definition) is 2. The van der Waals surface area contributed by atoms with Gasteiger partial charge in [0.25, 0.3) is 0 Å². The largest absolute Gasteiger partial charge is 0.369 e. The predicted octanol–water partition coefficient (Wildman–Crippen LogP) is 4.03. The fraction of sp³-hybridized carbons (Fsp3) is 0.0833. The molecule has 0 aliphatic heterocycles. The molecule has 0 amide bonds. The summed E-state index contributed by atoms with van der Waals surface area (Å²) in [6, 6.07) is 30.9. The van der Waals surface area contributed by atoms with Crippen molar-refractivity contribution in [1.82, 2.24) is 4.90 Å². The van der Waals surface area contributed by atoms with E-state index in [0.717, 1.165) is 15.9 Å². The first-order valence-corrected chi connectivity index (χ1v) is 11.4. The Morgan fingerprint density at radius 3 is 1.52 bits per heavy atom. The smallest absolute Gasteiger partial charge is 0.145 e. The summed E-state index contributed by atoms with van der Waals surface area (Å²) in [6.07, 6.45) is 1.68. The topological polar surface area (TPSA) is 39.5 Å². The van der Waals surface area contributed by atoms with Gasteiger partial charge in [-0.05, 0) is 29.0 Å². The highest BCUT2D eigenvalue weighted by molar-refractivity contribution is 8.01. The molecular formula is C24H23N3PS. The maximum absolute atomic E-state index is 8.25. The highest BCUT2D eigenvalue weighted by Gasteiger charge is 2.40. The molecule has 0 aliphatic rings. The number of rotatable bonds is 6. The Labute approximate surface area is 178 Å². The molecule has 0 bridgehead atoms. The van der Waals surface area contributed by atoms with Crippen LogP contribution in [-0.4, -0.2) is 36.2 Å². The van der Waals surface area contributed by atoms with E-state index in [1.807, 2.05) is 73.6 Å². The second kappa shape index (κ2) is 9.54. The molecule has 1 radical (unpaired) electrons. The van der Waals surface area contributed by atoms with Crippen molar-refractivity contribution < 1.29 is 0 Å². The summed E-state index contributed by atoms with van der Waals surface area (Å²) in [7, 11) is 1.36. The first kappa shape index (κ1) is 20.8. The maximum Gasteiger partial charge on any atom is 0.145 e. The van der Waals surface area contributed by atoms with E-state index < -0.39 is 7.26 Å². The fourth-order valence-electron chi connectivity index (χ4n) is 3.30. The third-order valence-electron chi connectivity index (χ3n) is 4.49. The Morgan fingerprint density at radius 2 is 1.21 bits per heavy atom. The molecule has 0 saturated heterocycles. The molecule has 0 atom stereocenters. The molecule has 0 spiro atoms. The Bertz CT molecular complexity index is 945. The number of nitrogens with one attached hydrogen (secondary N) is 1. The number of hydrogen-bond donors (Lipinski definition) is 1. The van der Waals surface area contributed by atoms with Crippen molar-refractivity contribution in [3.63, 3.8) is 0 Å². The quantitative estimate of drug-likeness (QED) is 0.217. The van der Waals surface area contributed by atoms with Crippen LogP contribution in [0.3, 0.4) is 0 Å². The summed E-state index contributed by atoms with van der Waals surface area (Å²) in [4.78, 5) is 6.70. The number of nitrogens with zero attached hydrogens (tertiary/aromatic N) is 2. The Balaban J connectivity index is 2.40. The van der Waals surface area contributed by atoms with E-state index in [1.165, 1.54) is 0 Å². The molecular weight excluding hydrogens is 393 g/mol. The van der Waals surface area contributed by atoms with Crippen molar-refractivity contribution >= 4 is 52.6 Å². The van der Waals surface area contributed by atoms with Crippen LogP contribution in [0.1, 0.15) is 0 Å². The number of thiocarbonyl (C=S) groups is 1. The lowest BCUT2D eigenvalue weighted by atomic mass is 10.3. The minimum atomic E-state index is -2.43. The van der Waals surface area contributed by atoms with Crippen molar-refractivity contribution in [2.75, 3.05) is 14.1 Å². The van der Waals surface area contributed by atoms with Crippen LogP contribution in [0, 0.1) is 5.41 Å². The standard InChI is InChI=1S/C24H23N3PS/c1-27(2)19-26-24(29)23(18-25)28(20-12-6-3-7-13-20,21-14-8-4-9-15-21)22-16-10-5-11-17-22/h3-17,19,25H,1-2H3. The van der Waals surface area contributed by atoms with Crippen LogP contribution in [-0.2, 0) is 0 Å². The number of benzene rings is 3. The lowest BCUT2D eigenvalue weighted by molar-refractivity contribution is 0.644. The minimum Gasteiger partial charge on any atom is -0.369 e. The predicted molar refractivity (Wildman–Crippen MR) is 131 cm³/mol. The lowest BCUT2D eigenvalue weighted by Gasteiger charge is -2.38. The maximum atomic E-state index is 8.25. The van der Waals surface area contributed by atoms with Gasteiger partial charge in [0.15, 0.2) is 0 Å². The van der Waals surface area contributed by atoms with Crippen LogP contribution in [0.15, 0.2) is 101 Å². The van der Waals surface area contributed by atoms with Gasteiger partial charge in [-0.1, -0.05) is 103 Å². The van der Waals surface area contributed by atoms with Gasteiger partial charge in [-0.25, -0.2) is 4.99 Å². The highest BCUT2D eigenvalue weighted by atomic mass is 32.1. The molecule has 0 fully saturated rings. The van der Waals surface area contributed by atoms with Crippen LogP contribution in [0.5, 0.6) is 0 Å². The Morgan fingerprint density at radius 1 is 0.828 bits per heavy atom. The van der Waals surface area contributed by atoms with Crippen LogP contribution < -0.4 is 15.9 Å². The third-order valence-corrected chi connectivity index (χ3v) is 9.17. The van der Waals surface area contributed by atoms with Gasteiger partial charge in [0, 0.05) is 14.1 Å². The van der Waals surface area contributed by atoms with E-state index in [9.17, 15) is 0 Å². The van der Waals surface area contributed by atoms with Crippen LogP contribution in [0.25, 0.3) is 0 Å². The molecule has 0 aromatic heterocycles. The summed E-state index contributed by atoms with van der Waals surface area (Å²) in [5.74, 6) is 2.70. The first-order valence-electron chi connectivity index (χ1n) is 9.22. The van der Waals surface area contributed by atoms with Crippen molar-refractivity contribution in [2.45, 2.75) is 0 Å². The molecule has 0 aliphatic carbocycles. The van der Waals surface area contributed by atoms with Crippen molar-refractivity contribution in [2.24, 2.45) is 4.99 Å². The number of aliphatic imine (C=N–C) groups is 1. The van der Waals surface area contributed by atoms with E-state index in [4.69, 9.17) is 17.6 Å². The second-order valence-corrected chi connectivity index (χ2v) is 10.4. The molecule has 3 aromatic rings. The summed E-state index contributed by atoms with van der Waals surface area (Å²) >= 11 is 5.72. The van der Waals surface area contributed by atoms with E-state index in [1.54, 1.807) is 6.34 Å². The van der Waals surface area contributed by atoms with E-state index >= 15 is 0 Å². The summed E-state index contributed by atoms with van der Waals surface area (Å²) in [6.45, 7) is 0. The van der Waals surface area contributed by atoms with Gasteiger partial charge in [0.05, 0.1) is 11.7 Å². The van der Waals surface area contributed by atoms with Gasteiger partial charge in [0.2, 0.25) is 0 Å². The monoisotopic (exact) mass is 416 g/mol. The van der Waals surface area contributed by atoms with Gasteiger partial charge < -0.3 is 4.90 Å². The molecule has 0 unspecified atom stereocenters. The summed E-state index contributed by atoms with van der Waals surface area (Å²) in [5.41, 5.74) is 0. The molecule has 3 nitrogen and oxygen atoms in total. The molecule has 145 valence electrons. The average Bonchev–Trinajstić information content (AvgIpc) is 2.77. The molecule has 3 rings (SSSR count). The first-order chi connectivity index (χ1) is 14.1. The fourth-order valence-corrected chi connectivity index (χ4v) is 7.85. The second-order valence-electron chi connectivity index (χ2n) is 6.66. The van der Waals surface area contributed by atoms with Crippen molar-refractivity contribution in [3.05, 3.63) is 96.3 Å². The van der Waals surface area contributed by atoms with Gasteiger partial charge in [-0.3, -0.25) is 5.41 Å². The van der Waals surface area contributed by atoms with Crippen LogP contribution in [0.4, 0.5) is 0 Å². The van der Waals surface area contributed by atoms with Gasteiger partial charge in [0.1, 0.15) is 4.99 Å². The van der Waals surface area contributed by atoms with Gasteiger partial charge in [-0.2, -0.15) is 0 Å². The van der Waals surface area contributed by atoms with E-state index in [0.29, 0.717) is 10.3 Å². The van der Waals surface area contributed by atoms with E-state index in [-0.39, 0.29) is 0 Å². The third kappa shape index (κ3) is 4.26. The highest BCUT2D eigenvalue weighted by Crippen LogP contribution is 2.62. The van der Waals surface area contributed by atoms with Crippen LogP contribution in [0.2, 0.25) is 0 Å². The molecule has 3 aromatic carbocycles. The summed E-state index contributed by atoms with van der Waals surface area (Å²) in [5, 5.41) is 12.3. The molecule has 0 heterocycles.